The molecule has 0 aliphatic rings. The van der Waals surface area contributed by atoms with E-state index in [0.29, 0.717) is 11.1 Å². The number of esters is 2. The van der Waals surface area contributed by atoms with Crippen LogP contribution in [0.15, 0.2) is 12.1 Å². The molecule has 2 aromatic carbocycles. The van der Waals surface area contributed by atoms with Crippen LogP contribution in [0, 0.1) is 13.8 Å². The maximum absolute atomic E-state index is 12.9. The van der Waals surface area contributed by atoms with Gasteiger partial charge in [-0.05, 0) is 25.5 Å². The van der Waals surface area contributed by atoms with E-state index in [4.69, 9.17) is 46.9 Å². The van der Waals surface area contributed by atoms with Crippen LogP contribution in [0.2, 0.25) is 10.0 Å². The van der Waals surface area contributed by atoms with Crippen molar-refractivity contribution in [2.24, 2.45) is 0 Å². The number of carbonyl (C=O) groups excluding carboxylic acids is 2. The van der Waals surface area contributed by atoms with E-state index in [1.807, 2.05) is 0 Å². The molecule has 2 aromatic rings. The van der Waals surface area contributed by atoms with Gasteiger partial charge in [0.15, 0.2) is 5.75 Å². The lowest BCUT2D eigenvalue weighted by atomic mass is 10.1. The molecule has 0 N–H and O–H groups in total. The van der Waals surface area contributed by atoms with E-state index < -0.39 is 11.9 Å². The van der Waals surface area contributed by atoms with Gasteiger partial charge in [-0.2, -0.15) is 0 Å². The topological polar surface area (TPSA) is 80.3 Å². The Labute approximate surface area is 178 Å². The van der Waals surface area contributed by atoms with E-state index in [-0.39, 0.29) is 44.2 Å². The molecule has 9 heteroatoms. The van der Waals surface area contributed by atoms with E-state index in [1.54, 1.807) is 13.8 Å². The first-order valence-corrected chi connectivity index (χ1v) is 9.05. The average Bonchev–Trinajstić information content (AvgIpc) is 2.67. The van der Waals surface area contributed by atoms with Gasteiger partial charge in [0, 0.05) is 11.6 Å². The van der Waals surface area contributed by atoms with E-state index >= 15 is 0 Å². The predicted octanol–water partition coefficient (Wildman–Crippen LogP) is 4.64. The molecule has 156 valence electrons. The standard InChI is InChI=1S/C20H20Cl2O7/c1-9-7-11(8-12(25-3)13(9)19(23)28-6)29-20(24)14-10(2)17(26-4)16(22)18(27-5)15(14)21/h7-8H,1-6H3. The highest BCUT2D eigenvalue weighted by Gasteiger charge is 2.27. The molecule has 0 bridgehead atoms. The summed E-state index contributed by atoms with van der Waals surface area (Å²) in [5.41, 5.74) is 1.17. The van der Waals surface area contributed by atoms with Crippen molar-refractivity contribution in [1.29, 1.82) is 0 Å². The van der Waals surface area contributed by atoms with Crippen molar-refractivity contribution in [2.75, 3.05) is 28.4 Å². The Morgan fingerprint density at radius 2 is 1.41 bits per heavy atom. The minimum atomic E-state index is -0.756. The van der Waals surface area contributed by atoms with Crippen molar-refractivity contribution in [3.63, 3.8) is 0 Å². The molecule has 0 radical (unpaired) electrons. The number of hydrogen-bond donors (Lipinski definition) is 0. The summed E-state index contributed by atoms with van der Waals surface area (Å²) in [5.74, 6) is -0.627. The molecule has 0 aliphatic heterocycles. The lowest BCUT2D eigenvalue weighted by molar-refractivity contribution is 0.0596. The van der Waals surface area contributed by atoms with Gasteiger partial charge in [0.05, 0.1) is 39.0 Å². The second kappa shape index (κ2) is 9.24. The molecule has 7 nitrogen and oxygen atoms in total. The van der Waals surface area contributed by atoms with Gasteiger partial charge in [0.25, 0.3) is 0 Å². The smallest absolute Gasteiger partial charge is 0.345 e. The van der Waals surface area contributed by atoms with Crippen molar-refractivity contribution in [1.82, 2.24) is 0 Å². The fraction of sp³-hybridized carbons (Fsp3) is 0.300. The quantitative estimate of drug-likeness (QED) is 0.475. The van der Waals surface area contributed by atoms with E-state index in [0.717, 1.165) is 0 Å². The number of halogens is 2. The zero-order valence-corrected chi connectivity index (χ0v) is 18.3. The van der Waals surface area contributed by atoms with E-state index in [1.165, 1.54) is 40.6 Å². The minimum absolute atomic E-state index is 0.00401. The molecular formula is C20H20Cl2O7. The highest BCUT2D eigenvalue weighted by molar-refractivity contribution is 6.40. The van der Waals surface area contributed by atoms with Crippen molar-refractivity contribution in [3.8, 4) is 23.0 Å². The average molecular weight is 443 g/mol. The van der Waals surface area contributed by atoms with Crippen LogP contribution in [0.3, 0.4) is 0 Å². The van der Waals surface area contributed by atoms with Crippen LogP contribution in [0.1, 0.15) is 31.8 Å². The molecule has 0 fully saturated rings. The van der Waals surface area contributed by atoms with Crippen LogP contribution >= 0.6 is 23.2 Å². The lowest BCUT2D eigenvalue weighted by Crippen LogP contribution is -2.14. The SMILES string of the molecule is COC(=O)c1c(C)cc(OC(=O)c2c(C)c(OC)c(Cl)c(OC)c2Cl)cc1OC. The third kappa shape index (κ3) is 4.21. The van der Waals surface area contributed by atoms with Gasteiger partial charge in [0.2, 0.25) is 0 Å². The van der Waals surface area contributed by atoms with Crippen LogP contribution in [-0.2, 0) is 4.74 Å². The summed E-state index contributed by atoms with van der Waals surface area (Å²) in [6.07, 6.45) is 0. The van der Waals surface area contributed by atoms with Crippen molar-refractivity contribution in [2.45, 2.75) is 13.8 Å². The molecule has 0 amide bonds. The van der Waals surface area contributed by atoms with E-state index in [9.17, 15) is 9.59 Å². The number of rotatable bonds is 6. The van der Waals surface area contributed by atoms with Gasteiger partial charge in [-0.3, -0.25) is 0 Å². The fourth-order valence-electron chi connectivity index (χ4n) is 2.88. The number of ether oxygens (including phenoxy) is 5. The molecule has 0 aromatic heterocycles. The highest BCUT2D eigenvalue weighted by Crippen LogP contribution is 2.45. The molecule has 0 heterocycles. The summed E-state index contributed by atoms with van der Waals surface area (Å²) in [5, 5.41) is 0.143. The third-order valence-corrected chi connectivity index (χ3v) is 4.94. The first-order valence-electron chi connectivity index (χ1n) is 8.30. The largest absolute Gasteiger partial charge is 0.496 e. The van der Waals surface area contributed by atoms with Gasteiger partial charge in [0.1, 0.15) is 27.8 Å². The minimum Gasteiger partial charge on any atom is -0.496 e. The van der Waals surface area contributed by atoms with Gasteiger partial charge >= 0.3 is 11.9 Å². The first kappa shape index (κ1) is 22.6. The number of benzene rings is 2. The molecule has 0 spiro atoms. The van der Waals surface area contributed by atoms with Crippen LogP contribution in [0.5, 0.6) is 23.0 Å². The Hall–Kier alpha value is -2.64. The molecule has 2 rings (SSSR count). The van der Waals surface area contributed by atoms with Crippen LogP contribution in [0.4, 0.5) is 0 Å². The van der Waals surface area contributed by atoms with Gasteiger partial charge in [-0.25, -0.2) is 9.59 Å². The molecular weight excluding hydrogens is 423 g/mol. The number of aryl methyl sites for hydroxylation is 1. The fourth-order valence-corrected chi connectivity index (χ4v) is 3.71. The molecule has 29 heavy (non-hydrogen) atoms. The van der Waals surface area contributed by atoms with Crippen LogP contribution < -0.4 is 18.9 Å². The first-order chi connectivity index (χ1) is 13.7. The molecule has 0 saturated carbocycles. The molecule has 0 saturated heterocycles. The Morgan fingerprint density at radius 1 is 0.793 bits per heavy atom. The Kier molecular flexibility index (Phi) is 7.21. The number of hydrogen-bond acceptors (Lipinski definition) is 7. The van der Waals surface area contributed by atoms with Crippen LogP contribution in [0.25, 0.3) is 0 Å². The number of carbonyl (C=O) groups is 2. The van der Waals surface area contributed by atoms with Crippen LogP contribution in [-0.4, -0.2) is 40.4 Å². The summed E-state index contributed by atoms with van der Waals surface area (Å²) < 4.78 is 26.0. The van der Waals surface area contributed by atoms with Gasteiger partial charge in [-0.15, -0.1) is 0 Å². The third-order valence-electron chi connectivity index (χ3n) is 4.24. The van der Waals surface area contributed by atoms with Crippen molar-refractivity contribution >= 4 is 35.1 Å². The summed E-state index contributed by atoms with van der Waals surface area (Å²) >= 11 is 12.6. The monoisotopic (exact) mass is 442 g/mol. The van der Waals surface area contributed by atoms with Crippen molar-refractivity contribution in [3.05, 3.63) is 44.4 Å². The summed E-state index contributed by atoms with van der Waals surface area (Å²) in [6.45, 7) is 3.29. The van der Waals surface area contributed by atoms with Gasteiger partial charge in [-0.1, -0.05) is 23.2 Å². The molecule has 0 atom stereocenters. The highest BCUT2D eigenvalue weighted by atomic mass is 35.5. The second-order valence-corrected chi connectivity index (χ2v) is 6.65. The Morgan fingerprint density at radius 3 is 1.93 bits per heavy atom. The summed E-state index contributed by atoms with van der Waals surface area (Å²) in [6, 6.07) is 2.92. The zero-order valence-electron chi connectivity index (χ0n) is 16.8. The summed E-state index contributed by atoms with van der Waals surface area (Å²) in [7, 11) is 5.44. The Balaban J connectivity index is 2.54. The maximum atomic E-state index is 12.9. The maximum Gasteiger partial charge on any atom is 0.345 e. The van der Waals surface area contributed by atoms with Gasteiger partial charge < -0.3 is 23.7 Å². The lowest BCUT2D eigenvalue weighted by Gasteiger charge is -2.17. The molecule has 0 unspecified atom stereocenters. The summed E-state index contributed by atoms with van der Waals surface area (Å²) in [4.78, 5) is 24.9. The number of methoxy groups -OCH3 is 4. The molecule has 0 aliphatic carbocycles. The zero-order chi connectivity index (χ0) is 21.9. The predicted molar refractivity (Wildman–Crippen MR) is 108 cm³/mol. The Bertz CT molecular complexity index is 939. The van der Waals surface area contributed by atoms with Crippen molar-refractivity contribution < 1.29 is 33.3 Å². The normalized spacial score (nSPS) is 10.3. The van der Waals surface area contributed by atoms with E-state index in [2.05, 4.69) is 0 Å². The second-order valence-electron chi connectivity index (χ2n) is 5.89.